The molecule has 3 aliphatic rings. The van der Waals surface area contributed by atoms with Gasteiger partial charge in [0, 0.05) is 31.9 Å². The fourth-order valence-electron chi connectivity index (χ4n) is 5.77. The number of aliphatic hydroxyl groups is 1. The Morgan fingerprint density at radius 3 is 2.39 bits per heavy atom. The van der Waals surface area contributed by atoms with Crippen LogP contribution in [0.5, 0.6) is 0 Å². The van der Waals surface area contributed by atoms with Gasteiger partial charge in [-0.3, -0.25) is 0 Å². The number of aliphatic hydroxyl groups excluding tert-OH is 1. The summed E-state index contributed by atoms with van der Waals surface area (Å²) in [5.41, 5.74) is 0.830. The average molecular weight is 554 g/mol. The van der Waals surface area contributed by atoms with Crippen molar-refractivity contribution in [1.29, 1.82) is 0 Å². The van der Waals surface area contributed by atoms with E-state index in [-0.39, 0.29) is 29.6 Å². The molecule has 0 radical (unpaired) electrons. The SMILES string of the molecule is O=S(=O)(CCCN1CCC(O)C1)NCC1CCC2CNc3ccc(C(F)(F)F)cc3C2C1.c1ccccc1. The second-order valence-corrected chi connectivity index (χ2v) is 12.6. The molecule has 10 heteroatoms. The van der Waals surface area contributed by atoms with Crippen LogP contribution in [0.2, 0.25) is 0 Å². The van der Waals surface area contributed by atoms with Crippen molar-refractivity contribution in [2.75, 3.05) is 43.8 Å². The van der Waals surface area contributed by atoms with Gasteiger partial charge in [0.05, 0.1) is 17.4 Å². The maximum atomic E-state index is 13.2. The van der Waals surface area contributed by atoms with Gasteiger partial charge in [0.2, 0.25) is 10.0 Å². The van der Waals surface area contributed by atoms with E-state index in [0.29, 0.717) is 38.0 Å². The molecule has 4 unspecified atom stereocenters. The number of nitrogens with one attached hydrogen (secondary N) is 2. The Morgan fingerprint density at radius 1 is 1.05 bits per heavy atom. The molecule has 0 amide bonds. The van der Waals surface area contributed by atoms with Crippen LogP contribution in [0.3, 0.4) is 0 Å². The molecule has 4 atom stereocenters. The van der Waals surface area contributed by atoms with Gasteiger partial charge in [-0.1, -0.05) is 36.4 Å². The van der Waals surface area contributed by atoms with Gasteiger partial charge in [0.1, 0.15) is 0 Å². The molecule has 2 aromatic carbocycles. The number of alkyl halides is 3. The fraction of sp³-hybridized carbons (Fsp3) is 0.571. The van der Waals surface area contributed by atoms with Gasteiger partial charge in [-0.15, -0.1) is 0 Å². The lowest BCUT2D eigenvalue weighted by atomic mass is 9.69. The zero-order valence-electron chi connectivity index (χ0n) is 21.5. The maximum absolute atomic E-state index is 13.2. The van der Waals surface area contributed by atoms with E-state index in [4.69, 9.17) is 0 Å². The van der Waals surface area contributed by atoms with Crippen LogP contribution < -0.4 is 10.0 Å². The smallest absolute Gasteiger partial charge is 0.392 e. The van der Waals surface area contributed by atoms with Gasteiger partial charge in [-0.2, -0.15) is 13.2 Å². The van der Waals surface area contributed by atoms with Crippen LogP contribution in [-0.4, -0.2) is 63.0 Å². The van der Waals surface area contributed by atoms with Gasteiger partial charge in [-0.05, 0) is 80.2 Å². The lowest BCUT2D eigenvalue weighted by Gasteiger charge is -2.41. The maximum Gasteiger partial charge on any atom is 0.416 e. The van der Waals surface area contributed by atoms with Gasteiger partial charge in [0.25, 0.3) is 0 Å². The number of rotatable bonds is 7. The number of benzene rings is 2. The molecule has 1 saturated heterocycles. The predicted octanol–water partition coefficient (Wildman–Crippen LogP) is 4.69. The number of nitrogens with zero attached hydrogens (tertiary/aromatic N) is 1. The zero-order valence-corrected chi connectivity index (χ0v) is 22.4. The monoisotopic (exact) mass is 553 g/mol. The Balaban J connectivity index is 0.000000494. The second kappa shape index (κ2) is 12.8. The van der Waals surface area contributed by atoms with E-state index in [1.165, 1.54) is 12.1 Å². The number of sulfonamides is 1. The molecular weight excluding hydrogens is 515 g/mol. The summed E-state index contributed by atoms with van der Waals surface area (Å²) in [6.07, 6.45) is -1.02. The molecule has 2 aromatic rings. The van der Waals surface area contributed by atoms with Crippen LogP contribution in [0.4, 0.5) is 18.9 Å². The first kappa shape index (κ1) is 28.9. The van der Waals surface area contributed by atoms with E-state index >= 15 is 0 Å². The lowest BCUT2D eigenvalue weighted by molar-refractivity contribution is -0.137. The molecule has 2 heterocycles. The highest BCUT2D eigenvalue weighted by Crippen LogP contribution is 2.47. The molecule has 0 aromatic heterocycles. The summed E-state index contributed by atoms with van der Waals surface area (Å²) in [7, 11) is -3.40. The van der Waals surface area contributed by atoms with Gasteiger partial charge < -0.3 is 15.3 Å². The van der Waals surface area contributed by atoms with Crippen molar-refractivity contribution >= 4 is 15.7 Å². The summed E-state index contributed by atoms with van der Waals surface area (Å²) in [6, 6.07) is 15.9. The van der Waals surface area contributed by atoms with E-state index in [9.17, 15) is 26.7 Å². The van der Waals surface area contributed by atoms with Crippen molar-refractivity contribution < 1.29 is 26.7 Å². The molecule has 5 rings (SSSR count). The standard InChI is InChI=1S/C22H32F3N3O3S.C6H6/c23-22(24,25)17-4-5-21-20(11-17)19-10-15(2-3-16(19)13-26-21)12-27-32(30,31)9-1-7-28-8-6-18(29)14-28;1-2-4-6-5-3-1/h4-5,11,15-16,18-19,26-27,29H,1-3,6-10,12-14H2;1-6H. The fourth-order valence-corrected chi connectivity index (χ4v) is 6.92. The van der Waals surface area contributed by atoms with E-state index < -0.39 is 21.8 Å². The first-order chi connectivity index (χ1) is 18.1. The first-order valence-electron chi connectivity index (χ1n) is 13.4. The Morgan fingerprint density at radius 2 is 1.76 bits per heavy atom. The van der Waals surface area contributed by atoms with E-state index in [0.717, 1.165) is 44.1 Å². The van der Waals surface area contributed by atoms with Crippen LogP contribution in [0.25, 0.3) is 0 Å². The van der Waals surface area contributed by atoms with E-state index in [1.807, 2.05) is 36.4 Å². The highest BCUT2D eigenvalue weighted by atomic mass is 32.2. The molecule has 1 saturated carbocycles. The molecule has 0 spiro atoms. The number of halogens is 3. The Bertz CT molecular complexity index is 1100. The second-order valence-electron chi connectivity index (χ2n) is 10.6. The topological polar surface area (TPSA) is 81.7 Å². The Kier molecular flexibility index (Phi) is 9.73. The Hall–Kier alpha value is -2.14. The van der Waals surface area contributed by atoms with Crippen molar-refractivity contribution in [2.24, 2.45) is 11.8 Å². The minimum absolute atomic E-state index is 0.0124. The molecule has 6 nitrogen and oxygen atoms in total. The first-order valence-corrected chi connectivity index (χ1v) is 15.1. The predicted molar refractivity (Wildman–Crippen MR) is 143 cm³/mol. The van der Waals surface area contributed by atoms with Crippen molar-refractivity contribution in [3.05, 3.63) is 65.7 Å². The van der Waals surface area contributed by atoms with Crippen LogP contribution >= 0.6 is 0 Å². The van der Waals surface area contributed by atoms with Crippen LogP contribution in [0, 0.1) is 11.8 Å². The largest absolute Gasteiger partial charge is 0.416 e. The van der Waals surface area contributed by atoms with Crippen LogP contribution in [0.1, 0.15) is 49.1 Å². The number of anilines is 1. The Labute approximate surface area is 223 Å². The van der Waals surface area contributed by atoms with Crippen LogP contribution in [0.15, 0.2) is 54.6 Å². The molecule has 0 bridgehead atoms. The van der Waals surface area contributed by atoms with Gasteiger partial charge in [-0.25, -0.2) is 13.1 Å². The summed E-state index contributed by atoms with van der Waals surface area (Å²) >= 11 is 0. The summed E-state index contributed by atoms with van der Waals surface area (Å²) < 4.78 is 67.2. The highest BCUT2D eigenvalue weighted by Gasteiger charge is 2.38. The third-order valence-corrected chi connectivity index (χ3v) is 9.26. The summed E-state index contributed by atoms with van der Waals surface area (Å²) in [6.45, 7) is 3.12. The number of likely N-dealkylation sites (tertiary alicyclic amines) is 1. The summed E-state index contributed by atoms with van der Waals surface area (Å²) in [5, 5.41) is 12.8. The number of hydrogen-bond acceptors (Lipinski definition) is 5. The third kappa shape index (κ3) is 8.18. The van der Waals surface area contributed by atoms with Crippen molar-refractivity contribution in [2.45, 2.75) is 50.3 Å². The normalized spacial score (nSPS) is 25.5. The van der Waals surface area contributed by atoms with Gasteiger partial charge in [0.15, 0.2) is 0 Å². The molecule has 1 aliphatic carbocycles. The van der Waals surface area contributed by atoms with E-state index in [1.54, 1.807) is 0 Å². The van der Waals surface area contributed by atoms with Crippen molar-refractivity contribution in [3.63, 3.8) is 0 Å². The van der Waals surface area contributed by atoms with Crippen molar-refractivity contribution in [3.8, 4) is 0 Å². The number of fused-ring (bicyclic) bond motifs is 3. The molecule has 3 N–H and O–H groups in total. The van der Waals surface area contributed by atoms with Gasteiger partial charge >= 0.3 is 6.18 Å². The average Bonchev–Trinajstić information content (AvgIpc) is 3.32. The summed E-state index contributed by atoms with van der Waals surface area (Å²) in [5.74, 6) is 0.438. The molecule has 2 fully saturated rings. The molecule has 2 aliphatic heterocycles. The van der Waals surface area contributed by atoms with E-state index in [2.05, 4.69) is 14.9 Å². The summed E-state index contributed by atoms with van der Waals surface area (Å²) in [4.78, 5) is 2.07. The molecule has 38 heavy (non-hydrogen) atoms. The third-order valence-electron chi connectivity index (χ3n) is 7.83. The zero-order chi connectivity index (χ0) is 27.2. The molecular formula is C28H38F3N3O3S. The quantitative estimate of drug-likeness (QED) is 0.464. The minimum atomic E-state index is -4.38. The highest BCUT2D eigenvalue weighted by molar-refractivity contribution is 7.89. The number of β-amino-alcohol motifs (C(OH)–C–C–N with tert-alkyl or cyclic N) is 1. The molecule has 210 valence electrons. The van der Waals surface area contributed by atoms with Crippen LogP contribution in [-0.2, 0) is 16.2 Å². The van der Waals surface area contributed by atoms with Crippen molar-refractivity contribution in [1.82, 2.24) is 9.62 Å². The lowest BCUT2D eigenvalue weighted by Crippen LogP contribution is -2.38. The minimum Gasteiger partial charge on any atom is -0.392 e. The number of hydrogen-bond donors (Lipinski definition) is 3.